The molecule has 0 saturated carbocycles. The van der Waals surface area contributed by atoms with Crippen LogP contribution in [0.3, 0.4) is 0 Å². The van der Waals surface area contributed by atoms with Crippen molar-refractivity contribution in [2.45, 2.75) is 38.7 Å². The van der Waals surface area contributed by atoms with E-state index >= 15 is 0 Å². The molecule has 1 amide bonds. The molecule has 0 aliphatic carbocycles. The fourth-order valence-electron chi connectivity index (χ4n) is 1.14. The zero-order chi connectivity index (χ0) is 10.3. The first-order valence-corrected chi connectivity index (χ1v) is 4.85. The van der Waals surface area contributed by atoms with Crippen molar-refractivity contribution in [2.24, 2.45) is 0 Å². The monoisotopic (exact) mass is 186 g/mol. The van der Waals surface area contributed by atoms with Crippen molar-refractivity contribution in [3.63, 3.8) is 0 Å². The van der Waals surface area contributed by atoms with E-state index in [1.54, 1.807) is 7.05 Å². The summed E-state index contributed by atoms with van der Waals surface area (Å²) in [6, 6.07) is 0. The molecule has 0 aromatic rings. The SMILES string of the molecule is [CH2]C(O)C(=O)N(C)CCCCCC. The zero-order valence-corrected chi connectivity index (χ0v) is 8.62. The van der Waals surface area contributed by atoms with Gasteiger partial charge in [0, 0.05) is 13.6 Å². The summed E-state index contributed by atoms with van der Waals surface area (Å²) in [5, 5.41) is 8.89. The van der Waals surface area contributed by atoms with Crippen LogP contribution in [0.5, 0.6) is 0 Å². The van der Waals surface area contributed by atoms with Gasteiger partial charge in [-0.2, -0.15) is 0 Å². The summed E-state index contributed by atoms with van der Waals surface area (Å²) in [6.07, 6.45) is 3.42. The van der Waals surface area contributed by atoms with Crippen LogP contribution in [0, 0.1) is 6.92 Å². The molecule has 13 heavy (non-hydrogen) atoms. The molecule has 0 heterocycles. The first-order chi connectivity index (χ1) is 6.09. The minimum absolute atomic E-state index is 0.295. The van der Waals surface area contributed by atoms with Crippen molar-refractivity contribution in [3.05, 3.63) is 6.92 Å². The molecular formula is C10H20NO2. The average Bonchev–Trinajstić information content (AvgIpc) is 2.10. The zero-order valence-electron chi connectivity index (χ0n) is 8.62. The minimum Gasteiger partial charge on any atom is -0.383 e. The third kappa shape index (κ3) is 5.64. The molecule has 1 unspecified atom stereocenters. The number of carbonyl (C=O) groups excluding carboxylic acids is 1. The summed E-state index contributed by atoms with van der Waals surface area (Å²) in [5.74, 6) is -0.295. The molecule has 3 heteroatoms. The Morgan fingerprint density at radius 1 is 1.46 bits per heavy atom. The van der Waals surface area contributed by atoms with Crippen LogP contribution in [0.4, 0.5) is 0 Å². The summed E-state index contributed by atoms with van der Waals surface area (Å²) < 4.78 is 0. The molecule has 77 valence electrons. The predicted octanol–water partition coefficient (Wildman–Crippen LogP) is 1.22. The van der Waals surface area contributed by atoms with Crippen LogP contribution in [-0.2, 0) is 4.79 Å². The van der Waals surface area contributed by atoms with E-state index in [-0.39, 0.29) is 5.91 Å². The Morgan fingerprint density at radius 2 is 2.08 bits per heavy atom. The number of hydrogen-bond acceptors (Lipinski definition) is 2. The molecule has 0 bridgehead atoms. The lowest BCUT2D eigenvalue weighted by atomic mass is 10.2. The number of carbonyl (C=O) groups is 1. The smallest absolute Gasteiger partial charge is 0.251 e. The van der Waals surface area contributed by atoms with E-state index in [0.29, 0.717) is 6.54 Å². The van der Waals surface area contributed by atoms with Crippen LogP contribution in [0.25, 0.3) is 0 Å². The highest BCUT2D eigenvalue weighted by molar-refractivity contribution is 5.80. The predicted molar refractivity (Wildman–Crippen MR) is 53.1 cm³/mol. The van der Waals surface area contributed by atoms with Crippen molar-refractivity contribution in [3.8, 4) is 0 Å². The van der Waals surface area contributed by atoms with Crippen LogP contribution in [0.2, 0.25) is 0 Å². The maximum atomic E-state index is 11.1. The molecule has 0 saturated heterocycles. The Kier molecular flexibility index (Phi) is 6.59. The molecule has 0 aliphatic rings. The molecule has 0 aliphatic heterocycles. The van der Waals surface area contributed by atoms with E-state index in [1.165, 1.54) is 17.7 Å². The number of unbranched alkanes of at least 4 members (excludes halogenated alkanes) is 3. The molecule has 1 atom stereocenters. The quantitative estimate of drug-likeness (QED) is 0.634. The molecule has 0 aromatic heterocycles. The number of hydrogen-bond donors (Lipinski definition) is 1. The fourth-order valence-corrected chi connectivity index (χ4v) is 1.14. The number of aliphatic hydroxyl groups excluding tert-OH is 1. The highest BCUT2D eigenvalue weighted by Gasteiger charge is 2.13. The lowest BCUT2D eigenvalue weighted by molar-refractivity contribution is -0.136. The fraction of sp³-hybridized carbons (Fsp3) is 0.800. The van der Waals surface area contributed by atoms with Crippen LogP contribution >= 0.6 is 0 Å². The summed E-state index contributed by atoms with van der Waals surface area (Å²) in [6.45, 7) is 6.13. The molecule has 1 radical (unpaired) electrons. The topological polar surface area (TPSA) is 40.5 Å². The van der Waals surface area contributed by atoms with Crippen LogP contribution in [-0.4, -0.2) is 35.6 Å². The van der Waals surface area contributed by atoms with Gasteiger partial charge in [0.15, 0.2) is 0 Å². The molecule has 0 fully saturated rings. The Balaban J connectivity index is 3.50. The first-order valence-electron chi connectivity index (χ1n) is 4.85. The average molecular weight is 186 g/mol. The number of nitrogens with zero attached hydrogens (tertiary/aromatic N) is 1. The summed E-state index contributed by atoms with van der Waals surface area (Å²) in [5.41, 5.74) is 0. The van der Waals surface area contributed by atoms with Crippen LogP contribution in [0.15, 0.2) is 0 Å². The Hall–Kier alpha value is -0.570. The summed E-state index contributed by atoms with van der Waals surface area (Å²) >= 11 is 0. The van der Waals surface area contributed by atoms with E-state index in [4.69, 9.17) is 5.11 Å². The largest absolute Gasteiger partial charge is 0.383 e. The van der Waals surface area contributed by atoms with Gasteiger partial charge in [0.1, 0.15) is 6.10 Å². The van der Waals surface area contributed by atoms with Gasteiger partial charge < -0.3 is 10.0 Å². The maximum Gasteiger partial charge on any atom is 0.251 e. The minimum atomic E-state index is -1.11. The Labute approximate surface area is 80.7 Å². The van der Waals surface area contributed by atoms with Crippen molar-refractivity contribution in [1.29, 1.82) is 0 Å². The van der Waals surface area contributed by atoms with Gasteiger partial charge in [0.2, 0.25) is 0 Å². The molecule has 0 rings (SSSR count). The van der Waals surface area contributed by atoms with E-state index in [2.05, 4.69) is 13.8 Å². The van der Waals surface area contributed by atoms with Gasteiger partial charge in [-0.1, -0.05) is 26.2 Å². The first kappa shape index (κ1) is 12.4. The van der Waals surface area contributed by atoms with Gasteiger partial charge in [-0.3, -0.25) is 4.79 Å². The van der Waals surface area contributed by atoms with Crippen LogP contribution < -0.4 is 0 Å². The van der Waals surface area contributed by atoms with Gasteiger partial charge in [-0.25, -0.2) is 0 Å². The van der Waals surface area contributed by atoms with Gasteiger partial charge in [-0.15, -0.1) is 0 Å². The highest BCUT2D eigenvalue weighted by Crippen LogP contribution is 2.01. The standard InChI is InChI=1S/C10H20NO2/c1-4-5-6-7-8-11(3)10(13)9(2)12/h9,12H,2,4-8H2,1,3H3. The highest BCUT2D eigenvalue weighted by atomic mass is 16.3. The molecule has 1 N–H and O–H groups in total. The number of rotatable bonds is 6. The van der Waals surface area contributed by atoms with Gasteiger partial charge in [0.05, 0.1) is 0 Å². The lowest BCUT2D eigenvalue weighted by Gasteiger charge is -2.18. The second-order valence-electron chi connectivity index (χ2n) is 3.34. The number of likely N-dealkylation sites (N-methyl/N-ethyl adjacent to an activating group) is 1. The summed E-state index contributed by atoms with van der Waals surface area (Å²) in [4.78, 5) is 12.7. The van der Waals surface area contributed by atoms with Crippen molar-refractivity contribution in [1.82, 2.24) is 4.90 Å². The second-order valence-corrected chi connectivity index (χ2v) is 3.34. The van der Waals surface area contributed by atoms with Gasteiger partial charge in [0.25, 0.3) is 5.91 Å². The van der Waals surface area contributed by atoms with E-state index in [1.807, 2.05) is 0 Å². The Morgan fingerprint density at radius 3 is 2.54 bits per heavy atom. The normalized spacial score (nSPS) is 12.6. The maximum absolute atomic E-state index is 11.1. The van der Waals surface area contributed by atoms with Crippen LogP contribution in [0.1, 0.15) is 32.6 Å². The molecule has 0 aromatic carbocycles. The van der Waals surface area contributed by atoms with Gasteiger partial charge in [-0.05, 0) is 13.3 Å². The number of amides is 1. The van der Waals surface area contributed by atoms with Gasteiger partial charge >= 0.3 is 0 Å². The van der Waals surface area contributed by atoms with E-state index < -0.39 is 6.10 Å². The van der Waals surface area contributed by atoms with Crippen molar-refractivity contribution < 1.29 is 9.90 Å². The molecular weight excluding hydrogens is 166 g/mol. The third-order valence-corrected chi connectivity index (χ3v) is 2.01. The van der Waals surface area contributed by atoms with Crippen molar-refractivity contribution >= 4 is 5.91 Å². The second kappa shape index (κ2) is 6.89. The molecule has 3 nitrogen and oxygen atoms in total. The third-order valence-electron chi connectivity index (χ3n) is 2.01. The van der Waals surface area contributed by atoms with Crippen molar-refractivity contribution in [2.75, 3.05) is 13.6 Å². The molecule has 0 spiro atoms. The summed E-state index contributed by atoms with van der Waals surface area (Å²) in [7, 11) is 1.70. The number of aliphatic hydroxyl groups is 1. The Bertz CT molecular complexity index is 146. The lowest BCUT2D eigenvalue weighted by Crippen LogP contribution is -2.35. The van der Waals surface area contributed by atoms with E-state index in [9.17, 15) is 4.79 Å². The van der Waals surface area contributed by atoms with E-state index in [0.717, 1.165) is 12.8 Å².